The van der Waals surface area contributed by atoms with Crippen molar-refractivity contribution in [2.24, 2.45) is 0 Å². The fraction of sp³-hybridized carbons (Fsp3) is 0.556. The quantitative estimate of drug-likeness (QED) is 0.852. The third-order valence-electron chi connectivity index (χ3n) is 3.70. The molecule has 0 aromatic heterocycles. The van der Waals surface area contributed by atoms with Crippen LogP contribution in [-0.4, -0.2) is 60.7 Å². The molecule has 0 radical (unpaired) electrons. The highest BCUT2D eigenvalue weighted by Gasteiger charge is 2.28. The number of hydrogen-bond donors (Lipinski definition) is 0. The van der Waals surface area contributed by atoms with E-state index in [9.17, 15) is 9.59 Å². The minimum absolute atomic E-state index is 0.0169. The molecule has 2 amide bonds. The molecule has 1 aliphatic heterocycles. The van der Waals surface area contributed by atoms with E-state index in [0.717, 1.165) is 5.56 Å². The maximum atomic E-state index is 12.6. The molecule has 0 bridgehead atoms. The summed E-state index contributed by atoms with van der Waals surface area (Å²) in [4.78, 5) is 28.1. The van der Waals surface area contributed by atoms with Gasteiger partial charge in [0.25, 0.3) is 5.91 Å². The lowest BCUT2D eigenvalue weighted by atomic mass is 10.1. The van der Waals surface area contributed by atoms with Gasteiger partial charge in [0.05, 0.1) is 6.61 Å². The van der Waals surface area contributed by atoms with Gasteiger partial charge in [-0.15, -0.1) is 0 Å². The smallest absolute Gasteiger partial charge is 0.410 e. The van der Waals surface area contributed by atoms with Crippen LogP contribution in [0.15, 0.2) is 24.3 Å². The summed E-state index contributed by atoms with van der Waals surface area (Å²) >= 11 is 0. The number of carbonyl (C=O) groups is 2. The molecule has 6 heteroatoms. The highest BCUT2D eigenvalue weighted by atomic mass is 16.6. The standard InChI is InChI=1S/C18H26N2O4/c1-18(2,3)24-17(22)20-10-8-19(9-11-20)16(21)15-7-5-6-14(12-15)13-23-4/h5-7,12H,8-11,13H2,1-4H3. The Morgan fingerprint density at radius 3 is 2.29 bits per heavy atom. The van der Waals surface area contributed by atoms with Gasteiger partial charge in [-0.05, 0) is 38.5 Å². The summed E-state index contributed by atoms with van der Waals surface area (Å²) in [5, 5.41) is 0. The average molecular weight is 334 g/mol. The Bertz CT molecular complexity index is 587. The number of nitrogens with zero attached hydrogens (tertiary/aromatic N) is 2. The number of hydrogen-bond acceptors (Lipinski definition) is 4. The summed E-state index contributed by atoms with van der Waals surface area (Å²) in [6.45, 7) is 8.00. The minimum Gasteiger partial charge on any atom is -0.444 e. The van der Waals surface area contributed by atoms with Crippen LogP contribution in [0.4, 0.5) is 4.79 Å². The largest absolute Gasteiger partial charge is 0.444 e. The summed E-state index contributed by atoms with van der Waals surface area (Å²) in [7, 11) is 1.63. The zero-order valence-corrected chi connectivity index (χ0v) is 14.9. The average Bonchev–Trinajstić information content (AvgIpc) is 2.53. The Labute approximate surface area is 143 Å². The first-order valence-electron chi connectivity index (χ1n) is 8.15. The molecule has 0 N–H and O–H groups in total. The monoisotopic (exact) mass is 334 g/mol. The van der Waals surface area contributed by atoms with Gasteiger partial charge in [-0.1, -0.05) is 12.1 Å². The Morgan fingerprint density at radius 1 is 1.08 bits per heavy atom. The Hall–Kier alpha value is -2.08. The van der Waals surface area contributed by atoms with Crippen molar-refractivity contribution in [3.8, 4) is 0 Å². The maximum absolute atomic E-state index is 12.6. The van der Waals surface area contributed by atoms with Crippen molar-refractivity contribution in [1.29, 1.82) is 0 Å². The molecule has 0 atom stereocenters. The summed E-state index contributed by atoms with van der Waals surface area (Å²) in [5.41, 5.74) is 1.11. The molecule has 0 spiro atoms. The lowest BCUT2D eigenvalue weighted by Gasteiger charge is -2.35. The molecule has 0 unspecified atom stereocenters. The molecule has 1 heterocycles. The van der Waals surface area contributed by atoms with Crippen molar-refractivity contribution in [2.45, 2.75) is 33.0 Å². The maximum Gasteiger partial charge on any atom is 0.410 e. The normalized spacial score (nSPS) is 15.3. The van der Waals surface area contributed by atoms with E-state index in [0.29, 0.717) is 38.3 Å². The third kappa shape index (κ3) is 4.96. The molecule has 0 saturated carbocycles. The van der Waals surface area contributed by atoms with Crippen LogP contribution in [0.5, 0.6) is 0 Å². The number of amides is 2. The highest BCUT2D eigenvalue weighted by molar-refractivity contribution is 5.94. The summed E-state index contributed by atoms with van der Waals surface area (Å²) in [6.07, 6.45) is -0.323. The van der Waals surface area contributed by atoms with Crippen molar-refractivity contribution in [3.63, 3.8) is 0 Å². The first kappa shape index (κ1) is 18.3. The van der Waals surface area contributed by atoms with Gasteiger partial charge in [0.2, 0.25) is 0 Å². The van der Waals surface area contributed by atoms with Crippen molar-refractivity contribution in [2.75, 3.05) is 33.3 Å². The SMILES string of the molecule is COCc1cccc(C(=O)N2CCN(C(=O)OC(C)(C)C)CC2)c1. The molecule has 2 rings (SSSR count). The number of ether oxygens (including phenoxy) is 2. The number of benzene rings is 1. The molecule has 0 aliphatic carbocycles. The summed E-state index contributed by atoms with van der Waals surface area (Å²) in [6, 6.07) is 7.45. The molecular weight excluding hydrogens is 308 g/mol. The minimum atomic E-state index is -0.508. The first-order valence-corrected chi connectivity index (χ1v) is 8.15. The Balaban J connectivity index is 1.93. The predicted molar refractivity (Wildman–Crippen MR) is 90.9 cm³/mol. The van der Waals surface area contributed by atoms with E-state index in [1.165, 1.54) is 0 Å². The Kier molecular flexibility index (Phi) is 5.83. The van der Waals surface area contributed by atoms with Crippen molar-refractivity contribution < 1.29 is 19.1 Å². The number of carbonyl (C=O) groups excluding carboxylic acids is 2. The van der Waals surface area contributed by atoms with Crippen LogP contribution in [0, 0.1) is 0 Å². The molecule has 132 valence electrons. The fourth-order valence-corrected chi connectivity index (χ4v) is 2.56. The second-order valence-corrected chi connectivity index (χ2v) is 6.89. The van der Waals surface area contributed by atoms with Gasteiger partial charge in [-0.25, -0.2) is 4.79 Å². The lowest BCUT2D eigenvalue weighted by Crippen LogP contribution is -2.51. The summed E-state index contributed by atoms with van der Waals surface area (Å²) in [5.74, 6) is -0.0169. The van der Waals surface area contributed by atoms with E-state index in [1.54, 1.807) is 16.9 Å². The van der Waals surface area contributed by atoms with Gasteiger partial charge >= 0.3 is 6.09 Å². The molecule has 1 aromatic carbocycles. The van der Waals surface area contributed by atoms with Gasteiger partial charge in [0.1, 0.15) is 5.60 Å². The molecule has 24 heavy (non-hydrogen) atoms. The van der Waals surface area contributed by atoms with Gasteiger partial charge in [0.15, 0.2) is 0 Å². The van der Waals surface area contributed by atoms with Crippen molar-refractivity contribution >= 4 is 12.0 Å². The molecule has 6 nitrogen and oxygen atoms in total. The lowest BCUT2D eigenvalue weighted by molar-refractivity contribution is 0.0141. The van der Waals surface area contributed by atoms with Crippen LogP contribution < -0.4 is 0 Å². The van der Waals surface area contributed by atoms with Crippen molar-refractivity contribution in [1.82, 2.24) is 9.80 Å². The fourth-order valence-electron chi connectivity index (χ4n) is 2.56. The van der Waals surface area contributed by atoms with Crippen LogP contribution in [0.3, 0.4) is 0 Å². The zero-order chi connectivity index (χ0) is 17.7. The van der Waals surface area contributed by atoms with Gasteiger partial charge in [0, 0.05) is 38.9 Å². The van der Waals surface area contributed by atoms with Crippen LogP contribution in [0.25, 0.3) is 0 Å². The van der Waals surface area contributed by atoms with Gasteiger partial charge < -0.3 is 19.3 Å². The van der Waals surface area contributed by atoms with E-state index >= 15 is 0 Å². The third-order valence-corrected chi connectivity index (χ3v) is 3.70. The van der Waals surface area contributed by atoms with E-state index in [2.05, 4.69) is 0 Å². The van der Waals surface area contributed by atoms with E-state index in [1.807, 2.05) is 45.0 Å². The van der Waals surface area contributed by atoms with E-state index in [4.69, 9.17) is 9.47 Å². The van der Waals surface area contributed by atoms with E-state index in [-0.39, 0.29) is 12.0 Å². The number of rotatable bonds is 3. The topological polar surface area (TPSA) is 59.1 Å². The second kappa shape index (κ2) is 7.66. The van der Waals surface area contributed by atoms with Crippen LogP contribution in [-0.2, 0) is 16.1 Å². The molecule has 1 saturated heterocycles. The van der Waals surface area contributed by atoms with Crippen LogP contribution >= 0.6 is 0 Å². The predicted octanol–water partition coefficient (Wildman–Crippen LogP) is 2.53. The number of methoxy groups -OCH3 is 1. The van der Waals surface area contributed by atoms with Crippen LogP contribution in [0.1, 0.15) is 36.7 Å². The highest BCUT2D eigenvalue weighted by Crippen LogP contribution is 2.14. The van der Waals surface area contributed by atoms with Gasteiger partial charge in [-0.2, -0.15) is 0 Å². The molecular formula is C18H26N2O4. The first-order chi connectivity index (χ1) is 11.3. The second-order valence-electron chi connectivity index (χ2n) is 6.89. The molecule has 1 aromatic rings. The van der Waals surface area contributed by atoms with E-state index < -0.39 is 5.60 Å². The van der Waals surface area contributed by atoms with Crippen LogP contribution in [0.2, 0.25) is 0 Å². The van der Waals surface area contributed by atoms with Gasteiger partial charge in [-0.3, -0.25) is 4.79 Å². The molecule has 1 fully saturated rings. The Morgan fingerprint density at radius 2 is 1.71 bits per heavy atom. The van der Waals surface area contributed by atoms with Crippen molar-refractivity contribution in [3.05, 3.63) is 35.4 Å². The molecule has 1 aliphatic rings. The zero-order valence-electron chi connectivity index (χ0n) is 14.9. The summed E-state index contributed by atoms with van der Waals surface area (Å²) < 4.78 is 10.5. The number of piperazine rings is 1.